The first kappa shape index (κ1) is 21.6. The topological polar surface area (TPSA) is 76.7 Å². The monoisotopic (exact) mass is 477 g/mol. The maximum Gasteiger partial charge on any atom is 0.116 e. The molecular weight excluding hydrogens is 446 g/mol. The molecule has 0 spiro atoms. The molecule has 0 saturated carbocycles. The van der Waals surface area contributed by atoms with Gasteiger partial charge in [0.15, 0.2) is 0 Å². The van der Waals surface area contributed by atoms with Gasteiger partial charge >= 0.3 is 0 Å². The van der Waals surface area contributed by atoms with Crippen molar-refractivity contribution in [3.63, 3.8) is 0 Å². The molecule has 2 saturated heterocycles. The molecule has 182 valence electrons. The number of piperidine rings is 1. The summed E-state index contributed by atoms with van der Waals surface area (Å²) >= 11 is 0. The lowest BCUT2D eigenvalue weighted by atomic mass is 10.0. The fraction of sp³-hybridized carbons (Fsp3) is 0.345. The van der Waals surface area contributed by atoms with Gasteiger partial charge in [0.05, 0.1) is 34.8 Å². The van der Waals surface area contributed by atoms with E-state index >= 15 is 0 Å². The van der Waals surface area contributed by atoms with Crippen molar-refractivity contribution >= 4 is 27.5 Å². The summed E-state index contributed by atoms with van der Waals surface area (Å²) in [5, 5.41) is 10.3. The number of hydrogen-bond donors (Lipinski definition) is 2. The van der Waals surface area contributed by atoms with Crippen molar-refractivity contribution in [1.29, 1.82) is 0 Å². The van der Waals surface area contributed by atoms with Crippen LogP contribution in [0.5, 0.6) is 0 Å². The average Bonchev–Trinajstić information content (AvgIpc) is 3.68. The lowest BCUT2D eigenvalue weighted by molar-refractivity contribution is 0.331. The van der Waals surface area contributed by atoms with Gasteiger partial charge in [-0.05, 0) is 80.6 Å². The minimum absolute atomic E-state index is 0.939. The van der Waals surface area contributed by atoms with E-state index < -0.39 is 0 Å². The van der Waals surface area contributed by atoms with Crippen molar-refractivity contribution in [3.05, 3.63) is 60.7 Å². The molecule has 0 amide bonds. The van der Waals surface area contributed by atoms with Gasteiger partial charge in [0, 0.05) is 48.4 Å². The summed E-state index contributed by atoms with van der Waals surface area (Å²) in [7, 11) is 0. The number of nitrogens with zero attached hydrogens (tertiary/aromatic N) is 5. The number of nitrogens with one attached hydrogen (secondary N) is 2. The number of anilines is 1. The maximum atomic E-state index is 4.71. The number of aromatic amines is 2. The van der Waals surface area contributed by atoms with Gasteiger partial charge in [-0.1, -0.05) is 6.07 Å². The van der Waals surface area contributed by atoms with Crippen LogP contribution in [0.3, 0.4) is 0 Å². The second-order valence-electron chi connectivity index (χ2n) is 10.2. The first-order chi connectivity index (χ1) is 17.8. The summed E-state index contributed by atoms with van der Waals surface area (Å²) in [6.45, 7) is 5.55. The van der Waals surface area contributed by atoms with E-state index in [4.69, 9.17) is 5.10 Å². The van der Waals surface area contributed by atoms with Crippen LogP contribution in [0.2, 0.25) is 0 Å². The highest BCUT2D eigenvalue weighted by atomic mass is 15.1. The van der Waals surface area contributed by atoms with Crippen LogP contribution < -0.4 is 4.90 Å². The Morgan fingerprint density at radius 1 is 0.722 bits per heavy atom. The van der Waals surface area contributed by atoms with Gasteiger partial charge in [-0.2, -0.15) is 5.10 Å². The summed E-state index contributed by atoms with van der Waals surface area (Å²) in [4.78, 5) is 17.7. The van der Waals surface area contributed by atoms with Crippen molar-refractivity contribution in [2.75, 3.05) is 31.1 Å². The number of fused-ring (bicyclic) bond motifs is 2. The van der Waals surface area contributed by atoms with E-state index in [0.29, 0.717) is 0 Å². The smallest absolute Gasteiger partial charge is 0.116 e. The van der Waals surface area contributed by atoms with E-state index in [2.05, 4.69) is 60.2 Å². The minimum atomic E-state index is 0.939. The highest BCUT2D eigenvalue weighted by molar-refractivity contribution is 6.00. The third-order valence-electron chi connectivity index (χ3n) is 7.77. The number of benzene rings is 1. The van der Waals surface area contributed by atoms with Crippen LogP contribution in [-0.4, -0.2) is 56.2 Å². The third kappa shape index (κ3) is 3.93. The zero-order chi connectivity index (χ0) is 23.9. The van der Waals surface area contributed by atoms with Crippen molar-refractivity contribution in [2.24, 2.45) is 0 Å². The molecule has 5 aromatic rings. The number of likely N-dealkylation sites (tertiary alicyclic amines) is 1. The van der Waals surface area contributed by atoms with E-state index in [0.717, 1.165) is 58.6 Å². The summed E-state index contributed by atoms with van der Waals surface area (Å²) in [6, 6.07) is 11.0. The van der Waals surface area contributed by atoms with Crippen molar-refractivity contribution in [3.8, 4) is 22.5 Å². The lowest BCUT2D eigenvalue weighted by Gasteiger charge is -2.28. The largest absolute Gasteiger partial charge is 0.370 e. The number of pyridine rings is 2. The normalized spacial score (nSPS) is 16.9. The molecule has 0 atom stereocenters. The molecule has 1 aromatic carbocycles. The summed E-state index contributed by atoms with van der Waals surface area (Å²) in [5.41, 5.74) is 8.84. The Morgan fingerprint density at radius 3 is 2.44 bits per heavy atom. The molecule has 7 heteroatoms. The molecule has 0 aliphatic carbocycles. The second-order valence-corrected chi connectivity index (χ2v) is 10.2. The number of rotatable bonds is 5. The van der Waals surface area contributed by atoms with Gasteiger partial charge < -0.3 is 9.88 Å². The molecule has 2 aliphatic heterocycles. The van der Waals surface area contributed by atoms with Crippen LogP contribution in [0, 0.1) is 0 Å². The second kappa shape index (κ2) is 9.06. The SMILES string of the molecule is c1ncc(-c2ccc3[nH]nc(-c4cc5c(N6CCCCC6)cncc5[nH]4)c3c2)cc1CN1CCCC1. The Bertz CT molecular complexity index is 1520. The maximum absolute atomic E-state index is 4.71. The fourth-order valence-corrected chi connectivity index (χ4v) is 5.88. The van der Waals surface area contributed by atoms with Crippen molar-refractivity contribution in [2.45, 2.75) is 38.6 Å². The van der Waals surface area contributed by atoms with Gasteiger partial charge in [-0.3, -0.25) is 20.0 Å². The molecule has 4 aromatic heterocycles. The van der Waals surface area contributed by atoms with E-state index in [9.17, 15) is 0 Å². The van der Waals surface area contributed by atoms with Crippen LogP contribution in [-0.2, 0) is 6.54 Å². The van der Waals surface area contributed by atoms with E-state index in [-0.39, 0.29) is 0 Å². The molecule has 0 radical (unpaired) electrons. The lowest BCUT2D eigenvalue weighted by Crippen LogP contribution is -2.29. The van der Waals surface area contributed by atoms with Crippen LogP contribution >= 0.6 is 0 Å². The quantitative estimate of drug-likeness (QED) is 0.337. The van der Waals surface area contributed by atoms with E-state index in [1.165, 1.54) is 61.8 Å². The molecule has 7 nitrogen and oxygen atoms in total. The fourth-order valence-electron chi connectivity index (χ4n) is 5.88. The Balaban J connectivity index is 1.25. The average molecular weight is 478 g/mol. The summed E-state index contributed by atoms with van der Waals surface area (Å²) in [5.74, 6) is 0. The van der Waals surface area contributed by atoms with Crippen LogP contribution in [0.1, 0.15) is 37.7 Å². The van der Waals surface area contributed by atoms with Crippen LogP contribution in [0.15, 0.2) is 55.1 Å². The third-order valence-corrected chi connectivity index (χ3v) is 7.77. The van der Waals surface area contributed by atoms with Gasteiger partial charge in [0.2, 0.25) is 0 Å². The van der Waals surface area contributed by atoms with Gasteiger partial charge in [0.25, 0.3) is 0 Å². The number of hydrogen-bond acceptors (Lipinski definition) is 5. The van der Waals surface area contributed by atoms with Crippen LogP contribution in [0.4, 0.5) is 5.69 Å². The zero-order valence-electron chi connectivity index (χ0n) is 20.5. The summed E-state index contributed by atoms with van der Waals surface area (Å²) < 4.78 is 0. The minimum Gasteiger partial charge on any atom is -0.370 e. The molecule has 2 fully saturated rings. The molecule has 36 heavy (non-hydrogen) atoms. The first-order valence-corrected chi connectivity index (χ1v) is 13.2. The van der Waals surface area contributed by atoms with Crippen molar-refractivity contribution < 1.29 is 0 Å². The van der Waals surface area contributed by atoms with Crippen LogP contribution in [0.25, 0.3) is 44.3 Å². The Morgan fingerprint density at radius 2 is 1.56 bits per heavy atom. The zero-order valence-corrected chi connectivity index (χ0v) is 20.5. The van der Waals surface area contributed by atoms with Crippen molar-refractivity contribution in [1.82, 2.24) is 30.0 Å². The molecule has 0 bridgehead atoms. The van der Waals surface area contributed by atoms with E-state index in [1.807, 2.05) is 24.8 Å². The number of aromatic nitrogens is 5. The molecule has 0 unspecified atom stereocenters. The van der Waals surface area contributed by atoms with Gasteiger partial charge in [0.1, 0.15) is 5.69 Å². The molecule has 2 aliphatic rings. The first-order valence-electron chi connectivity index (χ1n) is 13.2. The molecule has 7 rings (SSSR count). The highest BCUT2D eigenvalue weighted by Crippen LogP contribution is 2.35. The molecule has 2 N–H and O–H groups in total. The highest BCUT2D eigenvalue weighted by Gasteiger charge is 2.18. The van der Waals surface area contributed by atoms with Gasteiger partial charge in [-0.25, -0.2) is 0 Å². The van der Waals surface area contributed by atoms with Gasteiger partial charge in [-0.15, -0.1) is 0 Å². The number of H-pyrrole nitrogens is 2. The van der Waals surface area contributed by atoms with E-state index in [1.54, 1.807) is 0 Å². The predicted octanol–water partition coefficient (Wildman–Crippen LogP) is 5.75. The Kier molecular flexibility index (Phi) is 5.43. The molecular formula is C29H31N7. The predicted molar refractivity (Wildman–Crippen MR) is 145 cm³/mol. The Hall–Kier alpha value is -3.71. The standard InChI is InChI=1S/C29H31N7/c1-2-10-36(11-3-1)28-18-31-17-27-23(28)14-26(32-27)29-24-13-21(6-7-25(24)33-34-29)22-12-20(15-30-16-22)19-35-8-4-5-9-35/h6-7,12-18,32H,1-5,8-11,19H2,(H,33,34). The Labute approximate surface area is 210 Å². The summed E-state index contributed by atoms with van der Waals surface area (Å²) in [6.07, 6.45) is 14.3. The molecule has 6 heterocycles.